The summed E-state index contributed by atoms with van der Waals surface area (Å²) < 4.78 is 0. The van der Waals surface area contributed by atoms with Crippen LogP contribution in [0.2, 0.25) is 0 Å². The van der Waals surface area contributed by atoms with Crippen LogP contribution in [0.1, 0.15) is 13.3 Å². The molecule has 1 aliphatic rings. The van der Waals surface area contributed by atoms with Crippen LogP contribution in [0.5, 0.6) is 0 Å². The van der Waals surface area contributed by atoms with Gasteiger partial charge in [-0.1, -0.05) is 12.2 Å². The molecule has 1 rings (SSSR count). The van der Waals surface area contributed by atoms with Gasteiger partial charge >= 0.3 is 0 Å². The minimum absolute atomic E-state index is 0.676. The van der Waals surface area contributed by atoms with E-state index in [1.807, 2.05) is 11.8 Å². The molecule has 2 unspecified atom stereocenters. The number of nitrogens with one attached hydrogen (secondary N) is 1. The molecule has 0 spiro atoms. The zero-order valence-electron chi connectivity index (χ0n) is 7.34. The molecule has 0 aliphatic carbocycles. The van der Waals surface area contributed by atoms with Crippen LogP contribution in [0.3, 0.4) is 0 Å². The smallest absolute Gasteiger partial charge is 0.0196 e. The summed E-state index contributed by atoms with van der Waals surface area (Å²) >= 11 is 1.90. The van der Waals surface area contributed by atoms with E-state index in [1.54, 1.807) is 0 Å². The molecule has 1 N–H and O–H groups in total. The van der Waals surface area contributed by atoms with Crippen LogP contribution in [0.15, 0.2) is 12.2 Å². The molecular weight excluding hydrogens is 154 g/mol. The third kappa shape index (κ3) is 3.30. The summed E-state index contributed by atoms with van der Waals surface area (Å²) in [6.07, 6.45) is 8.16. The molecule has 1 saturated heterocycles. The van der Waals surface area contributed by atoms with Gasteiger partial charge in [0.25, 0.3) is 0 Å². The van der Waals surface area contributed by atoms with Gasteiger partial charge in [-0.15, -0.1) is 0 Å². The van der Waals surface area contributed by atoms with Crippen molar-refractivity contribution in [3.05, 3.63) is 12.2 Å². The van der Waals surface area contributed by atoms with Crippen molar-refractivity contribution in [1.29, 1.82) is 0 Å². The second-order valence-electron chi connectivity index (χ2n) is 3.08. The highest BCUT2D eigenvalue weighted by atomic mass is 32.2. The average Bonchev–Trinajstić information content (AvgIpc) is 2.52. The lowest BCUT2D eigenvalue weighted by Gasteiger charge is -2.02. The topological polar surface area (TPSA) is 12.0 Å². The van der Waals surface area contributed by atoms with E-state index in [2.05, 4.69) is 30.6 Å². The number of hydrogen-bond donors (Lipinski definition) is 1. The predicted molar refractivity (Wildman–Crippen MR) is 53.1 cm³/mol. The van der Waals surface area contributed by atoms with Gasteiger partial charge < -0.3 is 5.32 Å². The van der Waals surface area contributed by atoms with Crippen molar-refractivity contribution in [3.8, 4) is 0 Å². The molecule has 0 saturated carbocycles. The maximum Gasteiger partial charge on any atom is 0.0196 e. The van der Waals surface area contributed by atoms with Crippen LogP contribution < -0.4 is 5.32 Å². The van der Waals surface area contributed by atoms with E-state index >= 15 is 0 Å². The SMILES string of the molecule is CSC(C)/C=C/C1CCNC1. The van der Waals surface area contributed by atoms with Gasteiger partial charge in [-0.3, -0.25) is 0 Å². The van der Waals surface area contributed by atoms with Gasteiger partial charge in [0.2, 0.25) is 0 Å². The molecule has 0 bridgehead atoms. The molecule has 0 aromatic rings. The molecule has 1 nitrogen and oxygen atoms in total. The van der Waals surface area contributed by atoms with Crippen molar-refractivity contribution in [1.82, 2.24) is 5.32 Å². The van der Waals surface area contributed by atoms with Crippen LogP contribution in [-0.4, -0.2) is 24.6 Å². The van der Waals surface area contributed by atoms with E-state index < -0.39 is 0 Å². The molecule has 2 atom stereocenters. The summed E-state index contributed by atoms with van der Waals surface area (Å²) in [7, 11) is 0. The molecule has 64 valence electrons. The Labute approximate surface area is 73.6 Å². The number of hydrogen-bond acceptors (Lipinski definition) is 2. The van der Waals surface area contributed by atoms with E-state index in [-0.39, 0.29) is 0 Å². The van der Waals surface area contributed by atoms with Gasteiger partial charge in [0, 0.05) is 11.8 Å². The molecule has 2 heteroatoms. The standard InChI is InChI=1S/C9H17NS/c1-8(11-2)3-4-9-5-6-10-7-9/h3-4,8-10H,5-7H2,1-2H3/b4-3+. The molecule has 1 fully saturated rings. The number of rotatable bonds is 3. The minimum Gasteiger partial charge on any atom is -0.316 e. The van der Waals surface area contributed by atoms with E-state index in [0.717, 1.165) is 5.92 Å². The second-order valence-corrected chi connectivity index (χ2v) is 4.29. The predicted octanol–water partition coefficient (Wildman–Crippen LogP) is 1.90. The van der Waals surface area contributed by atoms with E-state index in [0.29, 0.717) is 5.25 Å². The fourth-order valence-electron chi connectivity index (χ4n) is 1.23. The van der Waals surface area contributed by atoms with Gasteiger partial charge in [-0.25, -0.2) is 0 Å². The first-order chi connectivity index (χ1) is 5.33. The second kappa shape index (κ2) is 4.83. The Morgan fingerprint density at radius 1 is 1.64 bits per heavy atom. The largest absolute Gasteiger partial charge is 0.316 e. The van der Waals surface area contributed by atoms with Crippen molar-refractivity contribution < 1.29 is 0 Å². The van der Waals surface area contributed by atoms with Crippen LogP contribution in [-0.2, 0) is 0 Å². The molecule has 0 aromatic heterocycles. The highest BCUT2D eigenvalue weighted by molar-refractivity contribution is 7.99. The summed E-state index contributed by atoms with van der Waals surface area (Å²) in [6.45, 7) is 4.61. The fraction of sp³-hybridized carbons (Fsp3) is 0.778. The lowest BCUT2D eigenvalue weighted by atomic mass is 10.1. The maximum atomic E-state index is 3.36. The molecule has 0 radical (unpaired) electrons. The van der Waals surface area contributed by atoms with Crippen molar-refractivity contribution in [2.45, 2.75) is 18.6 Å². The third-order valence-corrected chi connectivity index (χ3v) is 3.03. The zero-order chi connectivity index (χ0) is 8.10. The minimum atomic E-state index is 0.676. The first-order valence-electron chi connectivity index (χ1n) is 4.24. The summed E-state index contributed by atoms with van der Waals surface area (Å²) in [5.74, 6) is 0.796. The highest BCUT2D eigenvalue weighted by Gasteiger charge is 2.10. The Morgan fingerprint density at radius 3 is 3.00 bits per heavy atom. The molecule has 1 aliphatic heterocycles. The maximum absolute atomic E-state index is 3.36. The first-order valence-corrected chi connectivity index (χ1v) is 5.53. The van der Waals surface area contributed by atoms with Crippen molar-refractivity contribution in [2.24, 2.45) is 5.92 Å². The molecule has 0 aromatic carbocycles. The van der Waals surface area contributed by atoms with Gasteiger partial charge in [0.15, 0.2) is 0 Å². The van der Waals surface area contributed by atoms with Gasteiger partial charge in [-0.05, 0) is 32.1 Å². The quantitative estimate of drug-likeness (QED) is 0.651. The molecule has 0 amide bonds. The Kier molecular flexibility index (Phi) is 4.02. The van der Waals surface area contributed by atoms with Gasteiger partial charge in [0.05, 0.1) is 0 Å². The van der Waals surface area contributed by atoms with Crippen LogP contribution in [0.25, 0.3) is 0 Å². The summed E-state index contributed by atoms with van der Waals surface area (Å²) in [5, 5.41) is 4.03. The van der Waals surface area contributed by atoms with E-state index in [9.17, 15) is 0 Å². The average molecular weight is 171 g/mol. The number of thioether (sulfide) groups is 1. The Hall–Kier alpha value is 0.0500. The summed E-state index contributed by atoms with van der Waals surface area (Å²) in [5.41, 5.74) is 0. The Balaban J connectivity index is 2.22. The van der Waals surface area contributed by atoms with Crippen molar-refractivity contribution in [2.75, 3.05) is 19.3 Å². The summed E-state index contributed by atoms with van der Waals surface area (Å²) in [4.78, 5) is 0. The lowest BCUT2D eigenvalue weighted by Crippen LogP contribution is -2.07. The van der Waals surface area contributed by atoms with Crippen molar-refractivity contribution >= 4 is 11.8 Å². The monoisotopic (exact) mass is 171 g/mol. The zero-order valence-corrected chi connectivity index (χ0v) is 8.16. The lowest BCUT2D eigenvalue weighted by molar-refractivity contribution is 0.725. The van der Waals surface area contributed by atoms with E-state index in [4.69, 9.17) is 0 Å². The molecule has 1 heterocycles. The van der Waals surface area contributed by atoms with Crippen LogP contribution in [0, 0.1) is 5.92 Å². The van der Waals surface area contributed by atoms with Gasteiger partial charge in [0.1, 0.15) is 0 Å². The fourth-order valence-corrected chi connectivity index (χ4v) is 1.48. The summed E-state index contributed by atoms with van der Waals surface area (Å²) in [6, 6.07) is 0. The molecular formula is C9H17NS. The van der Waals surface area contributed by atoms with E-state index in [1.165, 1.54) is 19.5 Å². The van der Waals surface area contributed by atoms with Crippen LogP contribution >= 0.6 is 11.8 Å². The van der Waals surface area contributed by atoms with Gasteiger partial charge in [-0.2, -0.15) is 11.8 Å². The molecule has 11 heavy (non-hydrogen) atoms. The Bertz CT molecular complexity index is 128. The normalized spacial score (nSPS) is 28.0. The van der Waals surface area contributed by atoms with Crippen LogP contribution in [0.4, 0.5) is 0 Å². The Morgan fingerprint density at radius 2 is 2.45 bits per heavy atom. The first kappa shape index (κ1) is 9.14. The highest BCUT2D eigenvalue weighted by Crippen LogP contribution is 2.12. The van der Waals surface area contributed by atoms with Crippen molar-refractivity contribution in [3.63, 3.8) is 0 Å². The third-order valence-electron chi connectivity index (χ3n) is 2.12.